The van der Waals surface area contributed by atoms with Crippen molar-refractivity contribution in [1.82, 2.24) is 5.32 Å². The molecule has 0 bridgehead atoms. The Bertz CT molecular complexity index is 476. The quantitative estimate of drug-likeness (QED) is 0.875. The van der Waals surface area contributed by atoms with E-state index in [2.05, 4.69) is 12.2 Å². The van der Waals surface area contributed by atoms with Crippen molar-refractivity contribution < 1.29 is 4.79 Å². The number of hydrogen-bond donors (Lipinski definition) is 2. The molecule has 20 heavy (non-hydrogen) atoms. The first kappa shape index (κ1) is 15.3. The summed E-state index contributed by atoms with van der Waals surface area (Å²) in [6.45, 7) is 4.12. The van der Waals surface area contributed by atoms with Crippen LogP contribution in [0.3, 0.4) is 0 Å². The van der Waals surface area contributed by atoms with E-state index in [1.807, 2.05) is 6.07 Å². The molecule has 2 rings (SSSR count). The Kier molecular flexibility index (Phi) is 5.44. The third kappa shape index (κ3) is 3.97. The first-order valence-corrected chi connectivity index (χ1v) is 7.74. The molecule has 1 aromatic carbocycles. The molecule has 1 amide bonds. The second-order valence-corrected chi connectivity index (χ2v) is 6.23. The Morgan fingerprint density at radius 1 is 1.40 bits per heavy atom. The number of nitrogens with one attached hydrogen (secondary N) is 1. The summed E-state index contributed by atoms with van der Waals surface area (Å²) in [7, 11) is 0. The van der Waals surface area contributed by atoms with Crippen LogP contribution in [0.2, 0.25) is 5.02 Å². The zero-order chi connectivity index (χ0) is 14.5. The highest BCUT2D eigenvalue weighted by Gasteiger charge is 2.20. The van der Waals surface area contributed by atoms with Crippen LogP contribution in [-0.2, 0) is 6.54 Å². The first-order chi connectivity index (χ1) is 9.58. The molecule has 0 heterocycles. The van der Waals surface area contributed by atoms with Gasteiger partial charge >= 0.3 is 0 Å². The zero-order valence-electron chi connectivity index (χ0n) is 12.0. The number of carbonyl (C=O) groups is 1. The molecule has 0 radical (unpaired) electrons. The lowest BCUT2D eigenvalue weighted by molar-refractivity contribution is 0.100. The normalized spacial score (nSPS) is 22.7. The molecule has 2 unspecified atom stereocenters. The number of benzene rings is 1. The maximum atomic E-state index is 11.1. The Balaban J connectivity index is 1.86. The summed E-state index contributed by atoms with van der Waals surface area (Å²) < 4.78 is 0. The summed E-state index contributed by atoms with van der Waals surface area (Å²) in [5, 5.41) is 4.09. The highest BCUT2D eigenvalue weighted by Crippen LogP contribution is 2.29. The molecule has 0 aliphatic heterocycles. The van der Waals surface area contributed by atoms with Crippen LogP contribution in [0.4, 0.5) is 0 Å². The van der Waals surface area contributed by atoms with Gasteiger partial charge in [-0.3, -0.25) is 4.79 Å². The van der Waals surface area contributed by atoms with Crippen LogP contribution < -0.4 is 11.1 Å². The van der Waals surface area contributed by atoms with Crippen molar-refractivity contribution in [2.24, 2.45) is 17.6 Å². The molecule has 110 valence electrons. The molecule has 3 N–H and O–H groups in total. The van der Waals surface area contributed by atoms with E-state index in [9.17, 15) is 4.79 Å². The Morgan fingerprint density at radius 3 is 2.80 bits per heavy atom. The molecule has 1 saturated carbocycles. The van der Waals surface area contributed by atoms with Crippen LogP contribution in [0, 0.1) is 11.8 Å². The van der Waals surface area contributed by atoms with Gasteiger partial charge in [-0.25, -0.2) is 0 Å². The molecular formula is C16H23ClN2O. The van der Waals surface area contributed by atoms with E-state index in [-0.39, 0.29) is 0 Å². The molecule has 0 aromatic heterocycles. The average Bonchev–Trinajstić information content (AvgIpc) is 2.42. The van der Waals surface area contributed by atoms with Crippen LogP contribution >= 0.6 is 11.6 Å². The van der Waals surface area contributed by atoms with Gasteiger partial charge in [0.2, 0.25) is 5.91 Å². The Labute approximate surface area is 125 Å². The van der Waals surface area contributed by atoms with Crippen LogP contribution in [0.25, 0.3) is 0 Å². The third-order valence-electron chi connectivity index (χ3n) is 4.35. The lowest BCUT2D eigenvalue weighted by Crippen LogP contribution is -2.29. The molecule has 4 heteroatoms. The van der Waals surface area contributed by atoms with Gasteiger partial charge in [0.1, 0.15) is 0 Å². The minimum Gasteiger partial charge on any atom is -0.366 e. The molecule has 3 nitrogen and oxygen atoms in total. The van der Waals surface area contributed by atoms with E-state index < -0.39 is 5.91 Å². The standard InChI is InChI=1S/C16H23ClN2O/c1-11-4-2-3-5-13(11)9-19-10-14-7-6-12(16(18)20)8-15(14)17/h6-8,11,13,19H,2-5,9-10H2,1H3,(H2,18,20). The van der Waals surface area contributed by atoms with Crippen LogP contribution in [-0.4, -0.2) is 12.5 Å². The van der Waals surface area contributed by atoms with Crippen molar-refractivity contribution in [3.63, 3.8) is 0 Å². The van der Waals surface area contributed by atoms with Gasteiger partial charge in [-0.1, -0.05) is 43.9 Å². The number of amides is 1. The van der Waals surface area contributed by atoms with Gasteiger partial charge < -0.3 is 11.1 Å². The predicted octanol–water partition coefficient (Wildman–Crippen LogP) is 3.35. The monoisotopic (exact) mass is 294 g/mol. The first-order valence-electron chi connectivity index (χ1n) is 7.37. The molecule has 1 aliphatic rings. The molecule has 1 aromatic rings. The van der Waals surface area contributed by atoms with Gasteiger partial charge in [-0.05, 0) is 42.5 Å². The zero-order valence-corrected chi connectivity index (χ0v) is 12.7. The third-order valence-corrected chi connectivity index (χ3v) is 4.70. The molecule has 1 fully saturated rings. The fourth-order valence-electron chi connectivity index (χ4n) is 2.93. The topological polar surface area (TPSA) is 55.1 Å². The smallest absolute Gasteiger partial charge is 0.248 e. The van der Waals surface area contributed by atoms with Crippen molar-refractivity contribution >= 4 is 17.5 Å². The highest BCUT2D eigenvalue weighted by molar-refractivity contribution is 6.31. The fourth-order valence-corrected chi connectivity index (χ4v) is 3.18. The maximum Gasteiger partial charge on any atom is 0.248 e. The largest absolute Gasteiger partial charge is 0.366 e. The fraction of sp³-hybridized carbons (Fsp3) is 0.562. The lowest BCUT2D eigenvalue weighted by atomic mass is 9.80. The molecule has 0 spiro atoms. The van der Waals surface area contributed by atoms with Gasteiger partial charge in [-0.2, -0.15) is 0 Å². The summed E-state index contributed by atoms with van der Waals surface area (Å²) in [6, 6.07) is 5.25. The molecule has 0 saturated heterocycles. The summed E-state index contributed by atoms with van der Waals surface area (Å²) >= 11 is 6.18. The number of nitrogens with two attached hydrogens (primary N) is 1. The predicted molar refractivity (Wildman–Crippen MR) is 82.8 cm³/mol. The summed E-state index contributed by atoms with van der Waals surface area (Å²) in [6.07, 6.45) is 5.39. The van der Waals surface area contributed by atoms with Gasteiger partial charge in [0.25, 0.3) is 0 Å². The van der Waals surface area contributed by atoms with Crippen molar-refractivity contribution in [3.8, 4) is 0 Å². The van der Waals surface area contributed by atoms with E-state index in [1.165, 1.54) is 25.7 Å². The van der Waals surface area contributed by atoms with Crippen LogP contribution in [0.15, 0.2) is 18.2 Å². The average molecular weight is 295 g/mol. The van der Waals surface area contributed by atoms with E-state index in [0.717, 1.165) is 30.5 Å². The molecular weight excluding hydrogens is 272 g/mol. The summed E-state index contributed by atoms with van der Waals surface area (Å²) in [5.41, 5.74) is 6.70. The second kappa shape index (κ2) is 7.09. The van der Waals surface area contributed by atoms with Gasteiger partial charge in [0, 0.05) is 17.1 Å². The number of hydrogen-bond acceptors (Lipinski definition) is 2. The van der Waals surface area contributed by atoms with Crippen LogP contribution in [0.1, 0.15) is 48.5 Å². The maximum absolute atomic E-state index is 11.1. The van der Waals surface area contributed by atoms with Gasteiger partial charge in [0.05, 0.1) is 0 Å². The number of rotatable bonds is 5. The van der Waals surface area contributed by atoms with Crippen molar-refractivity contribution in [2.75, 3.05) is 6.54 Å². The lowest BCUT2D eigenvalue weighted by Gasteiger charge is -2.29. The Hall–Kier alpha value is -1.06. The van der Waals surface area contributed by atoms with E-state index in [1.54, 1.807) is 12.1 Å². The van der Waals surface area contributed by atoms with Crippen molar-refractivity contribution in [2.45, 2.75) is 39.2 Å². The second-order valence-electron chi connectivity index (χ2n) is 5.82. The SMILES string of the molecule is CC1CCCCC1CNCc1ccc(C(N)=O)cc1Cl. The summed E-state index contributed by atoms with van der Waals surface area (Å²) in [5.74, 6) is 1.14. The Morgan fingerprint density at radius 2 is 2.15 bits per heavy atom. The van der Waals surface area contributed by atoms with Crippen molar-refractivity contribution in [1.29, 1.82) is 0 Å². The number of halogens is 1. The van der Waals surface area contributed by atoms with Gasteiger partial charge in [-0.15, -0.1) is 0 Å². The van der Waals surface area contributed by atoms with Crippen molar-refractivity contribution in [3.05, 3.63) is 34.3 Å². The summed E-state index contributed by atoms with van der Waals surface area (Å²) in [4.78, 5) is 11.1. The number of carbonyl (C=O) groups excluding carboxylic acids is 1. The molecule has 1 aliphatic carbocycles. The number of primary amides is 1. The molecule has 2 atom stereocenters. The van der Waals surface area contributed by atoms with E-state index in [0.29, 0.717) is 10.6 Å². The van der Waals surface area contributed by atoms with E-state index >= 15 is 0 Å². The minimum atomic E-state index is -0.442. The van der Waals surface area contributed by atoms with Gasteiger partial charge in [0.15, 0.2) is 0 Å². The van der Waals surface area contributed by atoms with E-state index in [4.69, 9.17) is 17.3 Å². The van der Waals surface area contributed by atoms with Crippen LogP contribution in [0.5, 0.6) is 0 Å². The minimum absolute atomic E-state index is 0.442. The highest BCUT2D eigenvalue weighted by atomic mass is 35.5.